The molecule has 0 aliphatic rings. The number of aliphatic hydroxyl groups is 1. The summed E-state index contributed by atoms with van der Waals surface area (Å²) in [5.41, 5.74) is 3.03. The Morgan fingerprint density at radius 1 is 1.26 bits per heavy atom. The number of aromatic nitrogens is 3. The molecule has 0 aliphatic heterocycles. The van der Waals surface area contributed by atoms with Crippen molar-refractivity contribution in [3.05, 3.63) is 59.1 Å². The number of imidazole rings is 1. The normalized spacial score (nSPS) is 12.3. The fraction of sp³-hybridized carbons (Fsp3) is 0.105. The lowest BCUT2D eigenvalue weighted by Gasteiger charge is -2.04. The smallest absolute Gasteiger partial charge is 0.257 e. The number of rotatable bonds is 4. The van der Waals surface area contributed by atoms with Crippen LogP contribution in [0.4, 0.5) is 0 Å². The minimum absolute atomic E-state index is 0.0822. The first kappa shape index (κ1) is 17.5. The number of aryl methyl sites for hydroxylation is 1. The summed E-state index contributed by atoms with van der Waals surface area (Å²) in [6.45, 7) is 0. The van der Waals surface area contributed by atoms with Gasteiger partial charge >= 0.3 is 0 Å². The van der Waals surface area contributed by atoms with E-state index in [0.29, 0.717) is 27.2 Å². The van der Waals surface area contributed by atoms with Crippen molar-refractivity contribution in [1.29, 1.82) is 5.26 Å². The van der Waals surface area contributed by atoms with Crippen molar-refractivity contribution in [2.24, 2.45) is 7.05 Å². The van der Waals surface area contributed by atoms with Crippen LogP contribution >= 0.6 is 23.4 Å². The standard InChI is InChI=1S/C19H13ClN4O2S/c1-24-15-5-3-2-4-13(15)22-18(24)12(9-21)16(25)10-27-19-23-14-8-11(20)6-7-17(14)26-19/h2-8,25H,10H2,1H3. The summed E-state index contributed by atoms with van der Waals surface area (Å²) in [6, 6.07) is 14.8. The highest BCUT2D eigenvalue weighted by molar-refractivity contribution is 7.99. The van der Waals surface area contributed by atoms with Crippen molar-refractivity contribution in [3.63, 3.8) is 0 Å². The van der Waals surface area contributed by atoms with Crippen LogP contribution in [0.15, 0.2) is 57.9 Å². The van der Waals surface area contributed by atoms with Crippen molar-refractivity contribution in [3.8, 4) is 6.07 Å². The highest BCUT2D eigenvalue weighted by Gasteiger charge is 2.17. The molecule has 8 heteroatoms. The minimum Gasteiger partial charge on any atom is -0.510 e. The third-order valence-electron chi connectivity index (χ3n) is 4.07. The maximum atomic E-state index is 10.5. The van der Waals surface area contributed by atoms with Gasteiger partial charge in [0, 0.05) is 12.1 Å². The molecule has 0 unspecified atom stereocenters. The van der Waals surface area contributed by atoms with Crippen LogP contribution in [0.1, 0.15) is 5.82 Å². The molecule has 2 aromatic carbocycles. The van der Waals surface area contributed by atoms with Crippen molar-refractivity contribution in [2.45, 2.75) is 5.22 Å². The lowest BCUT2D eigenvalue weighted by molar-refractivity contribution is 0.419. The van der Waals surface area contributed by atoms with Gasteiger partial charge in [0.1, 0.15) is 22.9 Å². The van der Waals surface area contributed by atoms with Gasteiger partial charge in [-0.1, -0.05) is 35.5 Å². The average Bonchev–Trinajstić information content (AvgIpc) is 3.22. The lowest BCUT2D eigenvalue weighted by Crippen LogP contribution is -2.00. The Labute approximate surface area is 163 Å². The molecule has 0 spiro atoms. The predicted octanol–water partition coefficient (Wildman–Crippen LogP) is 4.95. The van der Waals surface area contributed by atoms with Gasteiger partial charge in [0.25, 0.3) is 5.22 Å². The molecule has 27 heavy (non-hydrogen) atoms. The van der Waals surface area contributed by atoms with Crippen molar-refractivity contribution < 1.29 is 9.52 Å². The van der Waals surface area contributed by atoms with Crippen LogP contribution in [0.25, 0.3) is 27.7 Å². The fourth-order valence-corrected chi connectivity index (χ4v) is 3.64. The van der Waals surface area contributed by atoms with E-state index >= 15 is 0 Å². The average molecular weight is 397 g/mol. The van der Waals surface area contributed by atoms with Crippen LogP contribution in [0.3, 0.4) is 0 Å². The maximum Gasteiger partial charge on any atom is 0.257 e. The Hall–Kier alpha value is -2.95. The summed E-state index contributed by atoms with van der Waals surface area (Å²) >= 11 is 7.15. The Morgan fingerprint density at radius 3 is 2.85 bits per heavy atom. The zero-order valence-corrected chi connectivity index (χ0v) is 15.8. The molecule has 134 valence electrons. The third-order valence-corrected chi connectivity index (χ3v) is 5.15. The molecular formula is C19H13ClN4O2S. The number of thioether (sulfide) groups is 1. The zero-order valence-electron chi connectivity index (χ0n) is 14.2. The van der Waals surface area contributed by atoms with Crippen molar-refractivity contribution in [1.82, 2.24) is 14.5 Å². The van der Waals surface area contributed by atoms with Gasteiger partial charge in [-0.05, 0) is 30.3 Å². The molecule has 0 aliphatic carbocycles. The number of fused-ring (bicyclic) bond motifs is 2. The molecule has 0 radical (unpaired) electrons. The molecular weight excluding hydrogens is 384 g/mol. The van der Waals surface area contributed by atoms with E-state index in [1.165, 1.54) is 11.8 Å². The van der Waals surface area contributed by atoms with Crippen LogP contribution in [-0.4, -0.2) is 25.4 Å². The fourth-order valence-electron chi connectivity index (χ4n) is 2.76. The predicted molar refractivity (Wildman–Crippen MR) is 106 cm³/mol. The van der Waals surface area contributed by atoms with Crippen LogP contribution < -0.4 is 0 Å². The number of para-hydroxylation sites is 2. The quantitative estimate of drug-likeness (QED) is 0.298. The summed E-state index contributed by atoms with van der Waals surface area (Å²) in [5.74, 6) is 0.467. The second-order valence-corrected chi connectivity index (χ2v) is 7.16. The van der Waals surface area contributed by atoms with Gasteiger partial charge in [0.05, 0.1) is 16.8 Å². The van der Waals surface area contributed by atoms with E-state index in [0.717, 1.165) is 11.0 Å². The number of nitriles is 1. The number of oxazole rings is 1. The highest BCUT2D eigenvalue weighted by Crippen LogP contribution is 2.28. The molecule has 0 atom stereocenters. The Balaban J connectivity index is 1.63. The summed E-state index contributed by atoms with van der Waals surface area (Å²) in [5, 5.41) is 21.0. The molecule has 6 nitrogen and oxygen atoms in total. The zero-order chi connectivity index (χ0) is 19.0. The van der Waals surface area contributed by atoms with Gasteiger partial charge < -0.3 is 14.1 Å². The summed E-state index contributed by atoms with van der Waals surface area (Å²) < 4.78 is 7.41. The first-order valence-electron chi connectivity index (χ1n) is 8.00. The first-order valence-corrected chi connectivity index (χ1v) is 9.36. The second-order valence-electron chi connectivity index (χ2n) is 5.80. The molecule has 2 aromatic heterocycles. The van der Waals surface area contributed by atoms with Crippen molar-refractivity contribution >= 4 is 51.1 Å². The molecule has 0 amide bonds. The Bertz CT molecular complexity index is 1240. The molecule has 0 saturated heterocycles. The molecule has 2 heterocycles. The maximum absolute atomic E-state index is 10.5. The van der Waals surface area contributed by atoms with Gasteiger partial charge in [-0.25, -0.2) is 9.97 Å². The second kappa shape index (κ2) is 6.99. The van der Waals surface area contributed by atoms with E-state index in [1.54, 1.807) is 22.8 Å². The Morgan fingerprint density at radius 2 is 2.07 bits per heavy atom. The summed E-state index contributed by atoms with van der Waals surface area (Å²) in [4.78, 5) is 8.79. The topological polar surface area (TPSA) is 87.9 Å². The number of hydrogen-bond donors (Lipinski definition) is 1. The van der Waals surface area contributed by atoms with Crippen LogP contribution in [-0.2, 0) is 7.05 Å². The van der Waals surface area contributed by atoms with Gasteiger partial charge in [-0.3, -0.25) is 0 Å². The first-order chi connectivity index (χ1) is 13.1. The number of nitrogens with zero attached hydrogens (tertiary/aromatic N) is 4. The monoisotopic (exact) mass is 396 g/mol. The van der Waals surface area contributed by atoms with E-state index in [4.69, 9.17) is 16.0 Å². The number of hydrogen-bond acceptors (Lipinski definition) is 6. The number of benzene rings is 2. The third kappa shape index (κ3) is 3.25. The van der Waals surface area contributed by atoms with E-state index in [1.807, 2.05) is 31.3 Å². The molecule has 4 rings (SSSR count). The number of allylic oxidation sites excluding steroid dienone is 1. The number of halogens is 1. The van der Waals surface area contributed by atoms with E-state index in [2.05, 4.69) is 16.0 Å². The summed E-state index contributed by atoms with van der Waals surface area (Å²) in [6.07, 6.45) is 0. The van der Waals surface area contributed by atoms with Gasteiger partial charge in [-0.15, -0.1) is 0 Å². The molecule has 0 fully saturated rings. The largest absolute Gasteiger partial charge is 0.510 e. The van der Waals surface area contributed by atoms with E-state index < -0.39 is 0 Å². The summed E-state index contributed by atoms with van der Waals surface area (Å²) in [7, 11) is 1.81. The van der Waals surface area contributed by atoms with Crippen LogP contribution in [0.2, 0.25) is 5.02 Å². The van der Waals surface area contributed by atoms with Crippen LogP contribution in [0.5, 0.6) is 0 Å². The van der Waals surface area contributed by atoms with Gasteiger partial charge in [0.2, 0.25) is 0 Å². The van der Waals surface area contributed by atoms with Crippen molar-refractivity contribution in [2.75, 3.05) is 5.75 Å². The molecule has 1 N–H and O–H groups in total. The van der Waals surface area contributed by atoms with Gasteiger partial charge in [0.15, 0.2) is 11.4 Å². The molecule has 4 aromatic rings. The SMILES string of the molecule is Cn1c(C(C#N)=C(O)CSc2nc3cc(Cl)ccc3o2)nc2ccccc21. The van der Waals surface area contributed by atoms with Gasteiger partial charge in [-0.2, -0.15) is 5.26 Å². The van der Waals surface area contributed by atoms with E-state index in [9.17, 15) is 10.4 Å². The molecule has 0 bridgehead atoms. The number of aliphatic hydroxyl groups excluding tert-OH is 1. The minimum atomic E-state index is -0.0822. The van der Waals surface area contributed by atoms with E-state index in [-0.39, 0.29) is 17.1 Å². The van der Waals surface area contributed by atoms with Crippen LogP contribution in [0, 0.1) is 11.3 Å². The molecule has 0 saturated carbocycles. The highest BCUT2D eigenvalue weighted by atomic mass is 35.5. The lowest BCUT2D eigenvalue weighted by atomic mass is 10.2. The Kier molecular flexibility index (Phi) is 4.52.